The van der Waals surface area contributed by atoms with Crippen LogP contribution < -0.4 is 11.1 Å². The summed E-state index contributed by atoms with van der Waals surface area (Å²) in [5.74, 6) is 0.0672. The van der Waals surface area contributed by atoms with Crippen molar-refractivity contribution in [2.24, 2.45) is 5.73 Å². The largest absolute Gasteiger partial charge is 0.379 e. The number of morpholine rings is 1. The van der Waals surface area contributed by atoms with E-state index in [2.05, 4.69) is 22.0 Å². The van der Waals surface area contributed by atoms with E-state index < -0.39 is 0 Å². The van der Waals surface area contributed by atoms with Crippen molar-refractivity contribution in [1.82, 2.24) is 15.1 Å². The monoisotopic (exact) mass is 256 g/mol. The molecule has 0 saturated carbocycles. The molecule has 2 atom stereocenters. The van der Waals surface area contributed by atoms with Gasteiger partial charge in [-0.3, -0.25) is 14.6 Å². The summed E-state index contributed by atoms with van der Waals surface area (Å²) in [6, 6.07) is 0.187. The van der Waals surface area contributed by atoms with Gasteiger partial charge >= 0.3 is 0 Å². The number of rotatable bonds is 4. The highest BCUT2D eigenvalue weighted by atomic mass is 16.5. The van der Waals surface area contributed by atoms with Crippen molar-refractivity contribution in [3.05, 3.63) is 0 Å². The molecule has 2 heterocycles. The van der Waals surface area contributed by atoms with Gasteiger partial charge < -0.3 is 15.8 Å². The molecule has 18 heavy (non-hydrogen) atoms. The maximum Gasteiger partial charge on any atom is 0.238 e. The summed E-state index contributed by atoms with van der Waals surface area (Å²) in [6.07, 6.45) is 0. The summed E-state index contributed by atoms with van der Waals surface area (Å²) in [5.41, 5.74) is 5.72. The second-order valence-corrected chi connectivity index (χ2v) is 5.04. The predicted molar refractivity (Wildman–Crippen MR) is 69.3 cm³/mol. The fourth-order valence-corrected chi connectivity index (χ4v) is 2.64. The summed E-state index contributed by atoms with van der Waals surface area (Å²) < 4.78 is 5.33. The van der Waals surface area contributed by atoms with Crippen LogP contribution in [0.15, 0.2) is 0 Å². The molecule has 3 N–H and O–H groups in total. The first-order valence-electron chi connectivity index (χ1n) is 6.76. The molecule has 2 unspecified atom stereocenters. The van der Waals surface area contributed by atoms with Crippen molar-refractivity contribution in [2.45, 2.75) is 19.0 Å². The highest BCUT2D eigenvalue weighted by Crippen LogP contribution is 2.10. The molecule has 6 nitrogen and oxygen atoms in total. The third-order valence-electron chi connectivity index (χ3n) is 3.84. The second-order valence-electron chi connectivity index (χ2n) is 5.04. The lowest BCUT2D eigenvalue weighted by molar-refractivity contribution is -0.130. The van der Waals surface area contributed by atoms with E-state index in [1.165, 1.54) is 0 Å². The van der Waals surface area contributed by atoms with Crippen LogP contribution in [0.4, 0.5) is 0 Å². The van der Waals surface area contributed by atoms with E-state index in [1.54, 1.807) is 0 Å². The highest BCUT2D eigenvalue weighted by Gasteiger charge is 2.32. The van der Waals surface area contributed by atoms with Gasteiger partial charge in [0.2, 0.25) is 5.91 Å². The normalized spacial score (nSPS) is 31.3. The molecule has 0 aromatic rings. The number of nitrogens with zero attached hydrogens (tertiary/aromatic N) is 2. The van der Waals surface area contributed by atoms with E-state index in [1.807, 2.05) is 0 Å². The highest BCUT2D eigenvalue weighted by molar-refractivity contribution is 5.82. The van der Waals surface area contributed by atoms with E-state index in [0.29, 0.717) is 12.6 Å². The average molecular weight is 256 g/mol. The standard InChI is InChI=1S/C12H24N4O2/c1-10-9-14-12(17)11(8-13)16(10)3-2-15-4-6-18-7-5-15/h10-11H,2-9,13H2,1H3,(H,14,17). The first-order valence-corrected chi connectivity index (χ1v) is 6.76. The van der Waals surface area contributed by atoms with Crippen molar-refractivity contribution in [3.8, 4) is 0 Å². The molecule has 0 aromatic heterocycles. The first kappa shape index (κ1) is 13.7. The number of nitrogens with two attached hydrogens (primary N) is 1. The van der Waals surface area contributed by atoms with Crippen LogP contribution in [0, 0.1) is 0 Å². The minimum Gasteiger partial charge on any atom is -0.379 e. The zero-order chi connectivity index (χ0) is 13.0. The molecule has 0 bridgehead atoms. The molecule has 0 aromatic carbocycles. The molecule has 2 aliphatic rings. The molecule has 2 saturated heterocycles. The van der Waals surface area contributed by atoms with Crippen LogP contribution in [0.25, 0.3) is 0 Å². The number of hydrogen-bond acceptors (Lipinski definition) is 5. The Balaban J connectivity index is 1.86. The molecule has 104 valence electrons. The number of hydrogen-bond donors (Lipinski definition) is 2. The topological polar surface area (TPSA) is 70.8 Å². The van der Waals surface area contributed by atoms with Gasteiger partial charge in [0.05, 0.1) is 13.2 Å². The molecule has 1 amide bonds. The SMILES string of the molecule is CC1CNC(=O)C(CN)N1CCN1CCOCC1. The van der Waals surface area contributed by atoms with Gasteiger partial charge in [-0.25, -0.2) is 0 Å². The molecular weight excluding hydrogens is 232 g/mol. The van der Waals surface area contributed by atoms with Gasteiger partial charge in [0.15, 0.2) is 0 Å². The van der Waals surface area contributed by atoms with Crippen LogP contribution in [0.5, 0.6) is 0 Å². The van der Waals surface area contributed by atoms with Gasteiger partial charge in [0, 0.05) is 45.3 Å². The Morgan fingerprint density at radius 1 is 1.39 bits per heavy atom. The fraction of sp³-hybridized carbons (Fsp3) is 0.917. The minimum absolute atomic E-state index is 0.0672. The van der Waals surface area contributed by atoms with Gasteiger partial charge in [-0.05, 0) is 6.92 Å². The number of piperazine rings is 1. The Hall–Kier alpha value is -0.690. The fourth-order valence-electron chi connectivity index (χ4n) is 2.64. The van der Waals surface area contributed by atoms with Crippen molar-refractivity contribution in [1.29, 1.82) is 0 Å². The third kappa shape index (κ3) is 3.20. The summed E-state index contributed by atoms with van der Waals surface area (Å²) >= 11 is 0. The predicted octanol–water partition coefficient (Wildman–Crippen LogP) is -1.53. The zero-order valence-electron chi connectivity index (χ0n) is 11.1. The number of amides is 1. The molecule has 0 spiro atoms. The summed E-state index contributed by atoms with van der Waals surface area (Å²) in [5, 5.41) is 2.91. The van der Waals surface area contributed by atoms with E-state index in [9.17, 15) is 4.79 Å². The van der Waals surface area contributed by atoms with E-state index in [-0.39, 0.29) is 11.9 Å². The Labute approximate surface area is 108 Å². The van der Waals surface area contributed by atoms with Crippen molar-refractivity contribution < 1.29 is 9.53 Å². The lowest BCUT2D eigenvalue weighted by Crippen LogP contribution is -2.63. The second kappa shape index (κ2) is 6.47. The van der Waals surface area contributed by atoms with Gasteiger partial charge in [0.1, 0.15) is 6.04 Å². The maximum absolute atomic E-state index is 11.8. The van der Waals surface area contributed by atoms with Gasteiger partial charge in [0.25, 0.3) is 0 Å². The molecule has 2 fully saturated rings. The quantitative estimate of drug-likeness (QED) is 0.638. The van der Waals surface area contributed by atoms with Crippen molar-refractivity contribution in [3.63, 3.8) is 0 Å². The Morgan fingerprint density at radius 3 is 2.78 bits per heavy atom. The molecule has 0 radical (unpaired) electrons. The van der Waals surface area contributed by atoms with E-state index >= 15 is 0 Å². The molecule has 2 rings (SSSR count). The average Bonchev–Trinajstić information content (AvgIpc) is 2.41. The van der Waals surface area contributed by atoms with Crippen molar-refractivity contribution in [2.75, 3.05) is 52.5 Å². The van der Waals surface area contributed by atoms with Crippen LogP contribution in [0.2, 0.25) is 0 Å². The van der Waals surface area contributed by atoms with Crippen LogP contribution in [0.3, 0.4) is 0 Å². The molecular formula is C12H24N4O2. The first-order chi connectivity index (χ1) is 8.72. The van der Waals surface area contributed by atoms with Gasteiger partial charge in [-0.15, -0.1) is 0 Å². The minimum atomic E-state index is -0.171. The maximum atomic E-state index is 11.8. The van der Waals surface area contributed by atoms with E-state index in [4.69, 9.17) is 10.5 Å². The number of nitrogens with one attached hydrogen (secondary N) is 1. The van der Waals surface area contributed by atoms with E-state index in [0.717, 1.165) is 45.9 Å². The molecule has 0 aliphatic carbocycles. The Kier molecular flexibility index (Phi) is 4.94. The lowest BCUT2D eigenvalue weighted by Gasteiger charge is -2.40. The zero-order valence-corrected chi connectivity index (χ0v) is 11.1. The smallest absolute Gasteiger partial charge is 0.238 e. The summed E-state index contributed by atoms with van der Waals surface area (Å²) in [6.45, 7) is 8.74. The summed E-state index contributed by atoms with van der Waals surface area (Å²) in [7, 11) is 0. The number of ether oxygens (including phenoxy) is 1. The van der Waals surface area contributed by atoms with Gasteiger partial charge in [-0.1, -0.05) is 0 Å². The lowest BCUT2D eigenvalue weighted by atomic mass is 10.1. The van der Waals surface area contributed by atoms with Crippen LogP contribution in [-0.2, 0) is 9.53 Å². The third-order valence-corrected chi connectivity index (χ3v) is 3.84. The van der Waals surface area contributed by atoms with Crippen LogP contribution in [0.1, 0.15) is 6.92 Å². The molecule has 6 heteroatoms. The van der Waals surface area contributed by atoms with Gasteiger partial charge in [-0.2, -0.15) is 0 Å². The van der Waals surface area contributed by atoms with Crippen LogP contribution >= 0.6 is 0 Å². The summed E-state index contributed by atoms with van der Waals surface area (Å²) in [4.78, 5) is 16.4. The molecule has 2 aliphatic heterocycles. The Morgan fingerprint density at radius 2 is 2.11 bits per heavy atom. The number of carbonyl (C=O) groups is 1. The van der Waals surface area contributed by atoms with Crippen LogP contribution in [-0.4, -0.2) is 80.3 Å². The Bertz CT molecular complexity index is 281. The number of carbonyl (C=O) groups excluding carboxylic acids is 1. The van der Waals surface area contributed by atoms with Crippen molar-refractivity contribution >= 4 is 5.91 Å².